The molecule has 0 radical (unpaired) electrons. The summed E-state index contributed by atoms with van der Waals surface area (Å²) in [7, 11) is 0. The van der Waals surface area contributed by atoms with Gasteiger partial charge in [0.05, 0.1) is 38.6 Å². The maximum Gasteiger partial charge on any atom is 0.220 e. The molecule has 0 bridgehead atoms. The summed E-state index contributed by atoms with van der Waals surface area (Å²) in [5.41, 5.74) is 0. The molecule has 75 heavy (non-hydrogen) atoms. The number of hydrogen-bond donors (Lipinski definition) is 12. The van der Waals surface area contributed by atoms with Crippen LogP contribution in [0.15, 0.2) is 48.6 Å². The second-order valence-electron chi connectivity index (χ2n) is 20.4. The van der Waals surface area contributed by atoms with Crippen LogP contribution in [0.2, 0.25) is 0 Å². The SMILES string of the molecule is CCCCC/C=C/CC/C=C/C(O)C(COC1OC(CO)C(OC2OC(CO)C(OC3OC(CO)C(O)C(O)C3O)C(O)C2O)C(O)C1O)NC(=O)CCCCCCCCCCC/C=C\C/C=C\CCCCCCC. The number of aliphatic hydroxyl groups excluding tert-OH is 11. The lowest BCUT2D eigenvalue weighted by Crippen LogP contribution is -2.66. The monoisotopic (exact) mass is 1070 g/mol. The van der Waals surface area contributed by atoms with E-state index in [1.165, 1.54) is 70.6 Å². The summed E-state index contributed by atoms with van der Waals surface area (Å²) in [5.74, 6) is -0.295. The highest BCUT2D eigenvalue weighted by molar-refractivity contribution is 5.76. The molecule has 17 unspecified atom stereocenters. The third-order valence-electron chi connectivity index (χ3n) is 14.1. The molecule has 3 aliphatic heterocycles. The fourth-order valence-corrected chi connectivity index (χ4v) is 9.35. The van der Waals surface area contributed by atoms with Gasteiger partial charge in [-0.2, -0.15) is 0 Å². The average molecular weight is 1070 g/mol. The fourth-order valence-electron chi connectivity index (χ4n) is 9.35. The predicted octanol–water partition coefficient (Wildman–Crippen LogP) is 3.92. The Morgan fingerprint density at radius 1 is 0.480 bits per heavy atom. The van der Waals surface area contributed by atoms with E-state index < -0.39 is 124 Å². The van der Waals surface area contributed by atoms with Gasteiger partial charge in [0, 0.05) is 6.42 Å². The van der Waals surface area contributed by atoms with Crippen molar-refractivity contribution in [3.05, 3.63) is 48.6 Å². The van der Waals surface area contributed by atoms with Crippen molar-refractivity contribution < 1.29 is 89.4 Å². The zero-order chi connectivity index (χ0) is 54.8. The molecule has 436 valence electrons. The Balaban J connectivity index is 1.48. The van der Waals surface area contributed by atoms with Crippen molar-refractivity contribution in [2.45, 2.75) is 272 Å². The molecule has 0 saturated carbocycles. The number of carbonyl (C=O) groups is 1. The van der Waals surface area contributed by atoms with Crippen molar-refractivity contribution in [1.82, 2.24) is 5.32 Å². The minimum absolute atomic E-state index is 0.229. The number of allylic oxidation sites excluding steroid dienone is 7. The van der Waals surface area contributed by atoms with E-state index in [1.807, 2.05) is 6.08 Å². The number of rotatable bonds is 40. The highest BCUT2D eigenvalue weighted by Gasteiger charge is 2.53. The molecule has 3 aliphatic rings. The Labute approximate surface area is 446 Å². The molecule has 0 aromatic heterocycles. The van der Waals surface area contributed by atoms with E-state index in [4.69, 9.17) is 28.4 Å². The van der Waals surface area contributed by atoms with Crippen LogP contribution in [0.25, 0.3) is 0 Å². The van der Waals surface area contributed by atoms with Gasteiger partial charge in [-0.25, -0.2) is 0 Å². The Hall–Kier alpha value is -2.25. The number of carbonyl (C=O) groups excluding carboxylic acids is 1. The summed E-state index contributed by atoms with van der Waals surface area (Å²) in [6.45, 7) is 1.60. The summed E-state index contributed by atoms with van der Waals surface area (Å²) in [6, 6.07) is -0.990. The van der Waals surface area contributed by atoms with E-state index in [2.05, 4.69) is 55.6 Å². The van der Waals surface area contributed by atoms with Crippen LogP contribution in [-0.4, -0.2) is 193 Å². The Bertz CT molecular complexity index is 1570. The summed E-state index contributed by atoms with van der Waals surface area (Å²) in [6.07, 6.45) is 15.5. The molecule has 0 spiro atoms. The first-order chi connectivity index (χ1) is 36.3. The molecule has 12 N–H and O–H groups in total. The van der Waals surface area contributed by atoms with Gasteiger partial charge >= 0.3 is 0 Å². The van der Waals surface area contributed by atoms with Gasteiger partial charge < -0.3 is 89.9 Å². The minimum atomic E-state index is -1.98. The van der Waals surface area contributed by atoms with Crippen LogP contribution in [0.5, 0.6) is 0 Å². The molecule has 0 aliphatic carbocycles. The molecule has 19 heteroatoms. The van der Waals surface area contributed by atoms with Gasteiger partial charge in [-0.1, -0.05) is 146 Å². The van der Waals surface area contributed by atoms with Crippen molar-refractivity contribution in [3.8, 4) is 0 Å². The van der Waals surface area contributed by atoms with Crippen molar-refractivity contribution in [1.29, 1.82) is 0 Å². The zero-order valence-electron chi connectivity index (χ0n) is 45.0. The average Bonchev–Trinajstić information content (AvgIpc) is 3.41. The molecule has 0 aromatic rings. The second kappa shape index (κ2) is 40.0. The maximum absolute atomic E-state index is 13.3. The van der Waals surface area contributed by atoms with E-state index in [-0.39, 0.29) is 18.9 Å². The predicted molar refractivity (Wildman–Crippen MR) is 282 cm³/mol. The van der Waals surface area contributed by atoms with E-state index in [9.17, 15) is 61.0 Å². The Kier molecular flexibility index (Phi) is 35.8. The quantitative estimate of drug-likeness (QED) is 0.0306. The molecule has 19 nitrogen and oxygen atoms in total. The lowest BCUT2D eigenvalue weighted by atomic mass is 9.96. The normalized spacial score (nSPS) is 31.6. The topological polar surface area (TPSA) is 307 Å². The lowest BCUT2D eigenvalue weighted by Gasteiger charge is -2.48. The Morgan fingerprint density at radius 2 is 0.893 bits per heavy atom. The number of nitrogens with one attached hydrogen (secondary N) is 1. The highest BCUT2D eigenvalue weighted by Crippen LogP contribution is 2.33. The van der Waals surface area contributed by atoms with Gasteiger partial charge in [-0.15, -0.1) is 0 Å². The van der Waals surface area contributed by atoms with Gasteiger partial charge in [0.1, 0.15) is 73.2 Å². The summed E-state index contributed by atoms with van der Waals surface area (Å²) >= 11 is 0. The molecular weight excluding hydrogens is 975 g/mol. The minimum Gasteiger partial charge on any atom is -0.394 e. The standard InChI is InChI=1S/C56H99NO18/c1-3-5-7-9-11-13-14-15-16-17-18-19-20-21-22-23-24-26-28-30-32-34-44(62)57-39(40(61)33-31-29-27-25-12-10-8-6-4-2)38-70-54-50(68)47(65)52(42(36-59)72-54)75-56-51(69)48(66)53(43(37-60)73-56)74-55-49(67)46(64)45(63)41(35-58)71-55/h12,14-15,17-18,25,31,33,39-43,45-56,58-61,63-69H,3-11,13,16,19-24,26-30,32,34-38H2,1-2H3,(H,57,62)/b15-14-,18-17-,25-12+,33-31+. The number of amides is 1. The molecule has 1 amide bonds. The van der Waals surface area contributed by atoms with Crippen LogP contribution in [0.4, 0.5) is 0 Å². The first-order valence-electron chi connectivity index (χ1n) is 28.4. The second-order valence-corrected chi connectivity index (χ2v) is 20.4. The molecule has 3 saturated heterocycles. The van der Waals surface area contributed by atoms with Crippen molar-refractivity contribution in [2.24, 2.45) is 0 Å². The van der Waals surface area contributed by atoms with E-state index in [0.717, 1.165) is 64.2 Å². The van der Waals surface area contributed by atoms with Gasteiger partial charge in [-0.3, -0.25) is 4.79 Å². The summed E-state index contributed by atoms with van der Waals surface area (Å²) < 4.78 is 34.1. The number of hydrogen-bond acceptors (Lipinski definition) is 18. The van der Waals surface area contributed by atoms with E-state index in [1.54, 1.807) is 6.08 Å². The molecule has 3 heterocycles. The molecule has 0 aromatic carbocycles. The van der Waals surface area contributed by atoms with Gasteiger partial charge in [-0.05, 0) is 64.2 Å². The van der Waals surface area contributed by atoms with Crippen LogP contribution in [0.3, 0.4) is 0 Å². The Morgan fingerprint density at radius 3 is 1.44 bits per heavy atom. The maximum atomic E-state index is 13.3. The van der Waals surface area contributed by atoms with Crippen molar-refractivity contribution in [3.63, 3.8) is 0 Å². The molecule has 3 fully saturated rings. The molecule has 17 atom stereocenters. The first kappa shape index (κ1) is 67.0. The third kappa shape index (κ3) is 24.8. The van der Waals surface area contributed by atoms with Crippen LogP contribution >= 0.6 is 0 Å². The van der Waals surface area contributed by atoms with Crippen molar-refractivity contribution in [2.75, 3.05) is 26.4 Å². The zero-order valence-corrected chi connectivity index (χ0v) is 45.0. The first-order valence-corrected chi connectivity index (χ1v) is 28.4. The van der Waals surface area contributed by atoms with Crippen LogP contribution < -0.4 is 5.32 Å². The lowest BCUT2D eigenvalue weighted by molar-refractivity contribution is -0.379. The smallest absolute Gasteiger partial charge is 0.220 e. The van der Waals surface area contributed by atoms with Gasteiger partial charge in [0.2, 0.25) is 5.91 Å². The third-order valence-corrected chi connectivity index (χ3v) is 14.1. The largest absolute Gasteiger partial charge is 0.394 e. The van der Waals surface area contributed by atoms with Crippen molar-refractivity contribution >= 4 is 5.91 Å². The van der Waals surface area contributed by atoms with Gasteiger partial charge in [0.15, 0.2) is 18.9 Å². The van der Waals surface area contributed by atoms with Crippen LogP contribution in [0.1, 0.15) is 168 Å². The summed E-state index contributed by atoms with van der Waals surface area (Å²) in [4.78, 5) is 13.3. The van der Waals surface area contributed by atoms with E-state index in [0.29, 0.717) is 12.8 Å². The summed E-state index contributed by atoms with van der Waals surface area (Å²) in [5, 5.41) is 120. The fraction of sp³-hybridized carbons (Fsp3) is 0.839. The van der Waals surface area contributed by atoms with Gasteiger partial charge in [0.25, 0.3) is 0 Å². The molecule has 3 rings (SSSR count). The number of ether oxygens (including phenoxy) is 6. The molecular formula is C56H99NO18. The van der Waals surface area contributed by atoms with Crippen LogP contribution in [0, 0.1) is 0 Å². The highest BCUT2D eigenvalue weighted by atomic mass is 16.8. The van der Waals surface area contributed by atoms with E-state index >= 15 is 0 Å². The number of aliphatic hydroxyl groups is 11. The van der Waals surface area contributed by atoms with Crippen LogP contribution in [-0.2, 0) is 33.2 Å². The number of unbranched alkanes of at least 4 members (excludes halogenated alkanes) is 18.